The van der Waals surface area contributed by atoms with Gasteiger partial charge < -0.3 is 9.84 Å². The van der Waals surface area contributed by atoms with Gasteiger partial charge in [-0.05, 0) is 30.2 Å². The van der Waals surface area contributed by atoms with Gasteiger partial charge in [-0.3, -0.25) is 4.98 Å². The second kappa shape index (κ2) is 6.29. The number of nitrogens with zero attached hydrogens (tertiary/aromatic N) is 1. The SMILES string of the molecule is CCCOc1ccc(C(O)c2cncc(F)c2)cc1. The van der Waals surface area contributed by atoms with Gasteiger partial charge in [-0.1, -0.05) is 19.1 Å². The Morgan fingerprint density at radius 2 is 1.95 bits per heavy atom. The summed E-state index contributed by atoms with van der Waals surface area (Å²) in [5.74, 6) is 0.301. The first-order valence-electron chi connectivity index (χ1n) is 6.22. The van der Waals surface area contributed by atoms with Crippen LogP contribution in [0.3, 0.4) is 0 Å². The Bertz CT molecular complexity index is 528. The quantitative estimate of drug-likeness (QED) is 0.899. The van der Waals surface area contributed by atoms with Crippen molar-refractivity contribution in [3.8, 4) is 5.75 Å². The number of aliphatic hydroxyl groups is 1. The smallest absolute Gasteiger partial charge is 0.141 e. The lowest BCUT2D eigenvalue weighted by Crippen LogP contribution is -2.01. The third-order valence-corrected chi connectivity index (χ3v) is 2.71. The number of hydrogen-bond acceptors (Lipinski definition) is 3. The standard InChI is InChI=1S/C15H16FNO2/c1-2-7-19-14-5-3-11(4-6-14)15(18)12-8-13(16)10-17-9-12/h3-6,8-10,15,18H,2,7H2,1H3. The topological polar surface area (TPSA) is 42.4 Å². The minimum Gasteiger partial charge on any atom is -0.494 e. The summed E-state index contributed by atoms with van der Waals surface area (Å²) in [6.45, 7) is 2.70. The highest BCUT2D eigenvalue weighted by Crippen LogP contribution is 2.23. The summed E-state index contributed by atoms with van der Waals surface area (Å²) >= 11 is 0. The Kier molecular flexibility index (Phi) is 4.47. The third-order valence-electron chi connectivity index (χ3n) is 2.71. The Hall–Kier alpha value is -1.94. The molecule has 0 fully saturated rings. The number of pyridine rings is 1. The monoisotopic (exact) mass is 261 g/mol. The average Bonchev–Trinajstić information content (AvgIpc) is 2.45. The first-order valence-corrected chi connectivity index (χ1v) is 6.22. The summed E-state index contributed by atoms with van der Waals surface area (Å²) in [4.78, 5) is 3.73. The first-order chi connectivity index (χ1) is 9.20. The molecule has 0 aliphatic heterocycles. The van der Waals surface area contributed by atoms with Gasteiger partial charge in [0.2, 0.25) is 0 Å². The number of benzene rings is 1. The number of rotatable bonds is 5. The van der Waals surface area contributed by atoms with E-state index in [0.29, 0.717) is 17.7 Å². The fourth-order valence-corrected chi connectivity index (χ4v) is 1.74. The fraction of sp³-hybridized carbons (Fsp3) is 0.267. The first kappa shape index (κ1) is 13.5. The van der Waals surface area contributed by atoms with E-state index in [2.05, 4.69) is 4.98 Å². The molecular weight excluding hydrogens is 245 g/mol. The summed E-state index contributed by atoms with van der Waals surface area (Å²) in [7, 11) is 0. The van der Waals surface area contributed by atoms with Crippen LogP contribution in [0.4, 0.5) is 4.39 Å². The summed E-state index contributed by atoms with van der Waals surface area (Å²) in [6, 6.07) is 8.39. The van der Waals surface area contributed by atoms with E-state index in [0.717, 1.165) is 18.4 Å². The van der Waals surface area contributed by atoms with Crippen LogP contribution in [0, 0.1) is 5.82 Å². The molecule has 0 saturated carbocycles. The molecule has 0 spiro atoms. The molecule has 1 heterocycles. The zero-order valence-corrected chi connectivity index (χ0v) is 10.7. The molecule has 2 rings (SSSR count). The van der Waals surface area contributed by atoms with Crippen molar-refractivity contribution in [2.24, 2.45) is 0 Å². The van der Waals surface area contributed by atoms with Crippen molar-refractivity contribution >= 4 is 0 Å². The molecule has 4 heteroatoms. The average molecular weight is 261 g/mol. The number of hydrogen-bond donors (Lipinski definition) is 1. The lowest BCUT2D eigenvalue weighted by molar-refractivity contribution is 0.219. The third kappa shape index (κ3) is 3.51. The van der Waals surface area contributed by atoms with Gasteiger partial charge in [0.1, 0.15) is 17.7 Å². The Morgan fingerprint density at radius 3 is 2.58 bits per heavy atom. The van der Waals surface area contributed by atoms with Gasteiger partial charge in [-0.25, -0.2) is 4.39 Å². The van der Waals surface area contributed by atoms with Crippen molar-refractivity contribution in [3.63, 3.8) is 0 Å². The second-order valence-corrected chi connectivity index (χ2v) is 4.26. The van der Waals surface area contributed by atoms with Crippen LogP contribution in [-0.2, 0) is 0 Å². The van der Waals surface area contributed by atoms with Gasteiger partial charge in [0.05, 0.1) is 12.8 Å². The highest BCUT2D eigenvalue weighted by Gasteiger charge is 2.11. The van der Waals surface area contributed by atoms with Crippen LogP contribution in [0.25, 0.3) is 0 Å². The van der Waals surface area contributed by atoms with Crippen molar-refractivity contribution in [3.05, 3.63) is 59.7 Å². The molecule has 1 aromatic carbocycles. The van der Waals surface area contributed by atoms with Gasteiger partial charge >= 0.3 is 0 Å². The van der Waals surface area contributed by atoms with E-state index in [1.807, 2.05) is 6.92 Å². The maximum atomic E-state index is 13.1. The predicted octanol–water partition coefficient (Wildman–Crippen LogP) is 3.09. The van der Waals surface area contributed by atoms with Crippen molar-refractivity contribution in [2.45, 2.75) is 19.4 Å². The van der Waals surface area contributed by atoms with Crippen molar-refractivity contribution in [1.82, 2.24) is 4.98 Å². The van der Waals surface area contributed by atoms with Crippen LogP contribution >= 0.6 is 0 Å². The summed E-state index contributed by atoms with van der Waals surface area (Å²) in [5.41, 5.74) is 1.11. The molecule has 0 bridgehead atoms. The minimum atomic E-state index is -0.886. The van der Waals surface area contributed by atoms with Crippen molar-refractivity contribution in [1.29, 1.82) is 0 Å². The normalized spacial score (nSPS) is 12.2. The number of aromatic nitrogens is 1. The lowest BCUT2D eigenvalue weighted by atomic mass is 10.0. The van der Waals surface area contributed by atoms with E-state index in [4.69, 9.17) is 4.74 Å². The molecule has 0 amide bonds. The van der Waals surface area contributed by atoms with Gasteiger partial charge in [-0.15, -0.1) is 0 Å². The lowest BCUT2D eigenvalue weighted by Gasteiger charge is -2.12. The zero-order chi connectivity index (χ0) is 13.7. The van der Waals surface area contributed by atoms with Crippen molar-refractivity contribution < 1.29 is 14.2 Å². The fourth-order valence-electron chi connectivity index (χ4n) is 1.74. The highest BCUT2D eigenvalue weighted by molar-refractivity contribution is 5.33. The molecule has 100 valence electrons. The van der Waals surface area contributed by atoms with E-state index in [9.17, 15) is 9.50 Å². The molecule has 2 aromatic rings. The molecule has 0 saturated heterocycles. The van der Waals surface area contributed by atoms with E-state index in [1.165, 1.54) is 12.3 Å². The Labute approximate surface area is 111 Å². The summed E-state index contributed by atoms with van der Waals surface area (Å²) in [6.07, 6.45) is 2.62. The van der Waals surface area contributed by atoms with Crippen LogP contribution in [0.15, 0.2) is 42.7 Å². The molecule has 3 nitrogen and oxygen atoms in total. The van der Waals surface area contributed by atoms with Crippen LogP contribution in [0.5, 0.6) is 5.75 Å². The van der Waals surface area contributed by atoms with Crippen molar-refractivity contribution in [2.75, 3.05) is 6.61 Å². The minimum absolute atomic E-state index is 0.433. The van der Waals surface area contributed by atoms with E-state index in [1.54, 1.807) is 24.3 Å². The zero-order valence-electron chi connectivity index (χ0n) is 10.7. The number of aliphatic hydroxyl groups excluding tert-OH is 1. The maximum absolute atomic E-state index is 13.1. The van der Waals surface area contributed by atoms with E-state index < -0.39 is 11.9 Å². The van der Waals surface area contributed by atoms with E-state index in [-0.39, 0.29) is 0 Å². The van der Waals surface area contributed by atoms with Gasteiger partial charge in [0.15, 0.2) is 0 Å². The van der Waals surface area contributed by atoms with Crippen LogP contribution in [0.2, 0.25) is 0 Å². The van der Waals surface area contributed by atoms with Crippen LogP contribution < -0.4 is 4.74 Å². The summed E-state index contributed by atoms with van der Waals surface area (Å²) < 4.78 is 18.5. The number of ether oxygens (including phenoxy) is 1. The number of halogens is 1. The molecule has 1 N–H and O–H groups in total. The Balaban J connectivity index is 2.13. The maximum Gasteiger partial charge on any atom is 0.141 e. The molecule has 0 aliphatic carbocycles. The summed E-state index contributed by atoms with van der Waals surface area (Å²) in [5, 5.41) is 10.1. The van der Waals surface area contributed by atoms with E-state index >= 15 is 0 Å². The highest BCUT2D eigenvalue weighted by atomic mass is 19.1. The van der Waals surface area contributed by atoms with Gasteiger partial charge in [-0.2, -0.15) is 0 Å². The molecule has 1 unspecified atom stereocenters. The molecule has 1 aromatic heterocycles. The molecule has 1 atom stereocenters. The Morgan fingerprint density at radius 1 is 1.21 bits per heavy atom. The van der Waals surface area contributed by atoms with Crippen LogP contribution in [-0.4, -0.2) is 16.7 Å². The van der Waals surface area contributed by atoms with Gasteiger partial charge in [0, 0.05) is 11.8 Å². The molecule has 0 radical (unpaired) electrons. The second-order valence-electron chi connectivity index (χ2n) is 4.26. The van der Waals surface area contributed by atoms with Gasteiger partial charge in [0.25, 0.3) is 0 Å². The van der Waals surface area contributed by atoms with Crippen LogP contribution in [0.1, 0.15) is 30.6 Å². The molecule has 19 heavy (non-hydrogen) atoms. The largest absolute Gasteiger partial charge is 0.494 e. The predicted molar refractivity (Wildman–Crippen MR) is 70.5 cm³/mol. The molecular formula is C15H16FNO2. The molecule has 0 aliphatic rings.